The maximum absolute atomic E-state index is 8.47. The first-order chi connectivity index (χ1) is 16.0. The quantitative estimate of drug-likeness (QED) is 0.356. The van der Waals surface area contributed by atoms with E-state index in [9.17, 15) is 0 Å². The van der Waals surface area contributed by atoms with E-state index >= 15 is 0 Å². The summed E-state index contributed by atoms with van der Waals surface area (Å²) in [5.74, 6) is 0. The Balaban J connectivity index is -0.000000367. The third kappa shape index (κ3) is 16.4. The Kier molecular flexibility index (Phi) is 26.6. The van der Waals surface area contributed by atoms with Gasteiger partial charge < -0.3 is 5.73 Å². The summed E-state index contributed by atoms with van der Waals surface area (Å²) in [6.07, 6.45) is 0. The molecule has 2 N–H and O–H groups in total. The van der Waals surface area contributed by atoms with Crippen molar-refractivity contribution in [3.63, 3.8) is 0 Å². The molecule has 0 fully saturated rings. The van der Waals surface area contributed by atoms with Gasteiger partial charge in [-0.1, -0.05) is 96.1 Å². The fourth-order valence-electron chi connectivity index (χ4n) is 2.09. The van der Waals surface area contributed by atoms with Gasteiger partial charge in [0.25, 0.3) is 0 Å². The maximum Gasteiger partial charge on any atom is 0.100 e. The second-order valence-corrected chi connectivity index (χ2v) is 6.50. The molecule has 33 heavy (non-hydrogen) atoms. The SMILES string of the molecule is CC.CC.CC.Cc1ccccc1C#N.Cc1ccccc1CN.N#Cc1ccccc1Br. The van der Waals surface area contributed by atoms with Crippen molar-refractivity contribution < 1.29 is 0 Å². The normalized spacial score (nSPS) is 7.76. The number of nitrogens with zero attached hydrogens (tertiary/aromatic N) is 2. The molecule has 0 unspecified atom stereocenters. The fraction of sp³-hybridized carbons (Fsp3) is 0.310. The van der Waals surface area contributed by atoms with E-state index in [1.165, 1.54) is 11.1 Å². The van der Waals surface area contributed by atoms with Gasteiger partial charge >= 0.3 is 0 Å². The summed E-state index contributed by atoms with van der Waals surface area (Å²) in [5, 5.41) is 16.9. The monoisotopic (exact) mass is 509 g/mol. The van der Waals surface area contributed by atoms with Crippen LogP contribution in [0.2, 0.25) is 0 Å². The Morgan fingerprint density at radius 1 is 0.636 bits per heavy atom. The lowest BCUT2D eigenvalue weighted by atomic mass is 10.1. The van der Waals surface area contributed by atoms with Gasteiger partial charge in [0.2, 0.25) is 0 Å². The van der Waals surface area contributed by atoms with Crippen molar-refractivity contribution in [1.82, 2.24) is 0 Å². The zero-order valence-corrected chi connectivity index (χ0v) is 23.1. The molecule has 0 heterocycles. The van der Waals surface area contributed by atoms with Crippen LogP contribution >= 0.6 is 15.9 Å². The van der Waals surface area contributed by atoms with Gasteiger partial charge in [-0.2, -0.15) is 10.5 Å². The van der Waals surface area contributed by atoms with Gasteiger partial charge in [0, 0.05) is 11.0 Å². The predicted molar refractivity (Wildman–Crippen MR) is 148 cm³/mol. The number of halogens is 1. The molecule has 3 aromatic carbocycles. The van der Waals surface area contributed by atoms with Gasteiger partial charge in [-0.25, -0.2) is 0 Å². The van der Waals surface area contributed by atoms with Gasteiger partial charge in [-0.3, -0.25) is 0 Å². The number of aryl methyl sites for hydroxylation is 2. The van der Waals surface area contributed by atoms with Crippen molar-refractivity contribution in [3.05, 3.63) is 105 Å². The topological polar surface area (TPSA) is 73.6 Å². The lowest BCUT2D eigenvalue weighted by Gasteiger charge is -1.98. The molecule has 4 heteroatoms. The third-order valence-corrected chi connectivity index (χ3v) is 4.43. The van der Waals surface area contributed by atoms with Crippen molar-refractivity contribution in [2.24, 2.45) is 5.73 Å². The highest BCUT2D eigenvalue weighted by Crippen LogP contribution is 2.13. The van der Waals surface area contributed by atoms with Crippen LogP contribution < -0.4 is 5.73 Å². The van der Waals surface area contributed by atoms with Gasteiger partial charge in [0.1, 0.15) is 6.07 Å². The summed E-state index contributed by atoms with van der Waals surface area (Å²) in [4.78, 5) is 0. The van der Waals surface area contributed by atoms with Crippen LogP contribution in [0.15, 0.2) is 77.3 Å². The maximum atomic E-state index is 8.47. The van der Waals surface area contributed by atoms with Crippen molar-refractivity contribution in [2.45, 2.75) is 61.9 Å². The fourth-order valence-corrected chi connectivity index (χ4v) is 2.46. The van der Waals surface area contributed by atoms with E-state index in [1.807, 2.05) is 109 Å². The first-order valence-corrected chi connectivity index (χ1v) is 12.2. The zero-order valence-electron chi connectivity index (χ0n) is 21.5. The molecule has 3 rings (SSSR count). The molecule has 0 aromatic heterocycles. The average Bonchev–Trinajstić information content (AvgIpc) is 2.89. The number of nitrogens with two attached hydrogens (primary N) is 1. The molecular formula is C29H40BrN3. The molecule has 0 spiro atoms. The highest BCUT2D eigenvalue weighted by Gasteiger charge is 1.92. The van der Waals surface area contributed by atoms with E-state index in [4.69, 9.17) is 16.3 Å². The minimum absolute atomic E-state index is 0.646. The third-order valence-electron chi connectivity index (χ3n) is 3.74. The molecule has 0 saturated carbocycles. The second-order valence-electron chi connectivity index (χ2n) is 5.65. The summed E-state index contributed by atoms with van der Waals surface area (Å²) in [7, 11) is 0. The molecule has 0 saturated heterocycles. The lowest BCUT2D eigenvalue weighted by molar-refractivity contribution is 1.05. The van der Waals surface area contributed by atoms with E-state index in [2.05, 4.69) is 41.1 Å². The van der Waals surface area contributed by atoms with Crippen LogP contribution in [0.1, 0.15) is 69.4 Å². The average molecular weight is 511 g/mol. The van der Waals surface area contributed by atoms with Crippen LogP contribution in [0.4, 0.5) is 0 Å². The number of nitriles is 2. The van der Waals surface area contributed by atoms with Crippen molar-refractivity contribution >= 4 is 15.9 Å². The summed E-state index contributed by atoms with van der Waals surface area (Å²) in [5.41, 5.74) is 10.4. The zero-order chi connectivity index (χ0) is 26.1. The molecule has 0 atom stereocenters. The van der Waals surface area contributed by atoms with Crippen molar-refractivity contribution in [3.8, 4) is 12.1 Å². The standard InChI is InChI=1S/C8H11N.C8H7N.C7H4BrN.3C2H6/c2*1-7-4-2-3-5-8(7)6-9;8-7-4-2-1-3-6(7)5-9;3*1-2/h2-5H,6,9H2,1H3;2-5H,1H3;1-4H;3*1-2H3. The summed E-state index contributed by atoms with van der Waals surface area (Å²) in [6.45, 7) is 16.6. The van der Waals surface area contributed by atoms with Crippen LogP contribution in [0.5, 0.6) is 0 Å². The smallest absolute Gasteiger partial charge is 0.100 e. The van der Waals surface area contributed by atoms with Crippen LogP contribution in [0, 0.1) is 36.5 Å². The van der Waals surface area contributed by atoms with E-state index < -0.39 is 0 Å². The van der Waals surface area contributed by atoms with Crippen LogP contribution in [0.3, 0.4) is 0 Å². The van der Waals surface area contributed by atoms with Crippen molar-refractivity contribution in [1.29, 1.82) is 10.5 Å². The lowest BCUT2D eigenvalue weighted by Crippen LogP contribution is -1.97. The van der Waals surface area contributed by atoms with Crippen molar-refractivity contribution in [2.75, 3.05) is 0 Å². The summed E-state index contributed by atoms with van der Waals surface area (Å²) >= 11 is 3.23. The minimum atomic E-state index is 0.646. The molecule has 0 radical (unpaired) electrons. The first kappa shape index (κ1) is 34.7. The Hall–Kier alpha value is -2.92. The first-order valence-electron chi connectivity index (χ1n) is 11.4. The Bertz CT molecular complexity index is 874. The van der Waals surface area contributed by atoms with E-state index in [0.717, 1.165) is 15.6 Å². The molecular weight excluding hydrogens is 470 g/mol. The molecule has 3 nitrogen and oxygen atoms in total. The number of benzene rings is 3. The largest absolute Gasteiger partial charge is 0.326 e. The van der Waals surface area contributed by atoms with Gasteiger partial charge in [0.05, 0.1) is 17.2 Å². The molecule has 0 aliphatic rings. The Morgan fingerprint density at radius 2 is 1.03 bits per heavy atom. The van der Waals surface area contributed by atoms with E-state index in [1.54, 1.807) is 6.07 Å². The summed E-state index contributed by atoms with van der Waals surface area (Å²) in [6, 6.07) is 27.2. The number of hydrogen-bond acceptors (Lipinski definition) is 3. The number of hydrogen-bond donors (Lipinski definition) is 1. The van der Waals surface area contributed by atoms with Gasteiger partial charge in [-0.15, -0.1) is 0 Å². The molecule has 178 valence electrons. The van der Waals surface area contributed by atoms with Crippen LogP contribution in [0.25, 0.3) is 0 Å². The highest BCUT2D eigenvalue weighted by atomic mass is 79.9. The van der Waals surface area contributed by atoms with E-state index in [0.29, 0.717) is 12.1 Å². The Labute approximate surface area is 211 Å². The highest BCUT2D eigenvalue weighted by molar-refractivity contribution is 9.10. The molecule has 3 aromatic rings. The van der Waals surface area contributed by atoms with Crippen LogP contribution in [-0.4, -0.2) is 0 Å². The predicted octanol–water partition coefficient (Wildman–Crippen LogP) is 8.72. The number of rotatable bonds is 1. The summed E-state index contributed by atoms with van der Waals surface area (Å²) < 4.78 is 0.854. The second kappa shape index (κ2) is 25.3. The van der Waals surface area contributed by atoms with Gasteiger partial charge in [-0.05, 0) is 64.7 Å². The van der Waals surface area contributed by atoms with Gasteiger partial charge in [0.15, 0.2) is 0 Å². The molecule has 0 amide bonds. The molecule has 0 bridgehead atoms. The van der Waals surface area contributed by atoms with Crippen LogP contribution in [-0.2, 0) is 6.54 Å². The molecule has 0 aliphatic heterocycles. The van der Waals surface area contributed by atoms with E-state index in [-0.39, 0.29) is 0 Å². The Morgan fingerprint density at radius 3 is 1.33 bits per heavy atom. The minimum Gasteiger partial charge on any atom is -0.326 e. The molecule has 0 aliphatic carbocycles.